The third-order valence-electron chi connectivity index (χ3n) is 5.11. The minimum absolute atomic E-state index is 0.0894. The highest BCUT2D eigenvalue weighted by Gasteiger charge is 2.21. The van der Waals surface area contributed by atoms with Crippen molar-refractivity contribution in [2.24, 2.45) is 0 Å². The van der Waals surface area contributed by atoms with E-state index < -0.39 is 0 Å². The van der Waals surface area contributed by atoms with Gasteiger partial charge in [-0.2, -0.15) is 0 Å². The van der Waals surface area contributed by atoms with Crippen LogP contribution in [0.3, 0.4) is 0 Å². The van der Waals surface area contributed by atoms with Crippen LogP contribution in [-0.2, 0) is 12.8 Å². The molecule has 0 spiro atoms. The van der Waals surface area contributed by atoms with E-state index in [0.717, 1.165) is 41.3 Å². The first-order valence-electron chi connectivity index (χ1n) is 8.96. The van der Waals surface area contributed by atoms with Crippen LogP contribution >= 0.6 is 0 Å². The predicted octanol–water partition coefficient (Wildman–Crippen LogP) is 3.86. The Morgan fingerprint density at radius 1 is 1.07 bits per heavy atom. The Bertz CT molecular complexity index is 1080. The number of aryl methyl sites for hydroxylation is 2. The SMILES string of the molecule is COc1ccc(C(=O)COc2ccc3c4c(c(=O)oc3c2C)CCC4)cc1. The van der Waals surface area contributed by atoms with Crippen LogP contribution < -0.4 is 15.1 Å². The molecule has 4 rings (SSSR count). The van der Waals surface area contributed by atoms with E-state index in [1.807, 2.05) is 19.1 Å². The summed E-state index contributed by atoms with van der Waals surface area (Å²) in [6.45, 7) is 1.76. The molecule has 0 aliphatic heterocycles. The summed E-state index contributed by atoms with van der Waals surface area (Å²) in [4.78, 5) is 24.6. The number of Topliss-reactive ketones (excluding diaryl/α,β-unsaturated/α-hetero) is 1. The molecule has 1 aromatic heterocycles. The Morgan fingerprint density at radius 2 is 1.81 bits per heavy atom. The molecule has 1 aliphatic rings. The molecular weight excluding hydrogens is 344 g/mol. The number of ketones is 1. The number of methoxy groups -OCH3 is 1. The Morgan fingerprint density at radius 3 is 2.56 bits per heavy atom. The summed E-state index contributed by atoms with van der Waals surface area (Å²) in [5, 5.41) is 0.966. The molecule has 0 saturated heterocycles. The molecule has 0 amide bonds. The van der Waals surface area contributed by atoms with Gasteiger partial charge in [-0.25, -0.2) is 4.79 Å². The lowest BCUT2D eigenvalue weighted by atomic mass is 10.0. The lowest BCUT2D eigenvalue weighted by Crippen LogP contribution is -2.12. The maximum Gasteiger partial charge on any atom is 0.339 e. The fraction of sp³-hybridized carbons (Fsp3) is 0.273. The van der Waals surface area contributed by atoms with Crippen LogP contribution in [0.15, 0.2) is 45.6 Å². The maximum atomic E-state index is 12.4. The summed E-state index contributed by atoms with van der Waals surface area (Å²) in [6, 6.07) is 10.7. The van der Waals surface area contributed by atoms with Gasteiger partial charge in [-0.3, -0.25) is 4.79 Å². The second-order valence-corrected chi connectivity index (χ2v) is 6.71. The third kappa shape index (κ3) is 3.10. The summed E-state index contributed by atoms with van der Waals surface area (Å²) < 4.78 is 16.4. The average Bonchev–Trinajstić information content (AvgIpc) is 3.19. The summed E-state index contributed by atoms with van der Waals surface area (Å²) in [5.74, 6) is 1.11. The van der Waals surface area contributed by atoms with E-state index in [0.29, 0.717) is 22.6 Å². The molecule has 3 aromatic rings. The van der Waals surface area contributed by atoms with E-state index in [1.54, 1.807) is 31.4 Å². The number of ether oxygens (including phenoxy) is 2. The monoisotopic (exact) mass is 364 g/mol. The quantitative estimate of drug-likeness (QED) is 0.508. The molecule has 27 heavy (non-hydrogen) atoms. The highest BCUT2D eigenvalue weighted by atomic mass is 16.5. The van der Waals surface area contributed by atoms with Gasteiger partial charge in [-0.15, -0.1) is 0 Å². The Hall–Kier alpha value is -3.08. The lowest BCUT2D eigenvalue weighted by Gasteiger charge is -2.12. The minimum Gasteiger partial charge on any atom is -0.497 e. The standard InChI is InChI=1S/C22H20O5/c1-13-20(26-12-19(23)14-6-8-15(25-2)9-7-14)11-10-17-16-4-3-5-18(16)22(24)27-21(13)17/h6-11H,3-5,12H2,1-2H3. The van der Waals surface area contributed by atoms with Gasteiger partial charge in [0.15, 0.2) is 12.4 Å². The predicted molar refractivity (Wildman–Crippen MR) is 102 cm³/mol. The van der Waals surface area contributed by atoms with Gasteiger partial charge in [0.1, 0.15) is 17.1 Å². The number of carbonyl (C=O) groups excluding carboxylic acids is 1. The maximum absolute atomic E-state index is 12.4. The molecule has 0 bridgehead atoms. The minimum atomic E-state index is -0.260. The van der Waals surface area contributed by atoms with Gasteiger partial charge >= 0.3 is 5.63 Å². The van der Waals surface area contributed by atoms with Crippen molar-refractivity contribution in [3.05, 3.63) is 69.1 Å². The molecule has 0 fully saturated rings. The molecule has 2 aromatic carbocycles. The Labute approximate surface area is 156 Å². The normalized spacial score (nSPS) is 12.8. The molecular formula is C22H20O5. The van der Waals surface area contributed by atoms with Gasteiger partial charge in [0.25, 0.3) is 0 Å². The van der Waals surface area contributed by atoms with Gasteiger partial charge in [0.05, 0.1) is 7.11 Å². The fourth-order valence-electron chi connectivity index (χ4n) is 3.62. The van der Waals surface area contributed by atoms with Crippen LogP contribution in [0.25, 0.3) is 11.0 Å². The second-order valence-electron chi connectivity index (χ2n) is 6.71. The number of benzene rings is 2. The topological polar surface area (TPSA) is 65.7 Å². The van der Waals surface area contributed by atoms with Gasteiger partial charge in [-0.1, -0.05) is 0 Å². The highest BCUT2D eigenvalue weighted by molar-refractivity contribution is 5.97. The molecule has 138 valence electrons. The van der Waals surface area contributed by atoms with Crippen LogP contribution in [0.2, 0.25) is 0 Å². The molecule has 0 atom stereocenters. The first-order valence-corrected chi connectivity index (χ1v) is 8.96. The smallest absolute Gasteiger partial charge is 0.339 e. The van der Waals surface area contributed by atoms with Crippen LogP contribution in [0.4, 0.5) is 0 Å². The molecule has 0 N–H and O–H groups in total. The molecule has 5 heteroatoms. The van der Waals surface area contributed by atoms with Crippen molar-refractivity contribution < 1.29 is 18.7 Å². The number of rotatable bonds is 5. The van der Waals surface area contributed by atoms with E-state index in [1.165, 1.54) is 0 Å². The zero-order chi connectivity index (χ0) is 19.0. The van der Waals surface area contributed by atoms with Crippen LogP contribution in [0.1, 0.15) is 33.5 Å². The first kappa shape index (κ1) is 17.3. The fourth-order valence-corrected chi connectivity index (χ4v) is 3.62. The zero-order valence-corrected chi connectivity index (χ0v) is 15.3. The molecule has 0 unspecified atom stereocenters. The molecule has 1 aliphatic carbocycles. The Kier molecular flexibility index (Phi) is 4.44. The van der Waals surface area contributed by atoms with Crippen molar-refractivity contribution in [1.29, 1.82) is 0 Å². The molecule has 1 heterocycles. The van der Waals surface area contributed by atoms with Crippen molar-refractivity contribution in [2.45, 2.75) is 26.2 Å². The zero-order valence-electron chi connectivity index (χ0n) is 15.3. The van der Waals surface area contributed by atoms with Gasteiger partial charge in [0, 0.05) is 22.1 Å². The van der Waals surface area contributed by atoms with Crippen molar-refractivity contribution in [3.8, 4) is 11.5 Å². The van der Waals surface area contributed by atoms with Crippen molar-refractivity contribution in [2.75, 3.05) is 13.7 Å². The van der Waals surface area contributed by atoms with Gasteiger partial charge in [0.2, 0.25) is 0 Å². The Balaban J connectivity index is 1.59. The van der Waals surface area contributed by atoms with E-state index in [4.69, 9.17) is 13.9 Å². The van der Waals surface area contributed by atoms with Crippen molar-refractivity contribution in [1.82, 2.24) is 0 Å². The summed E-state index contributed by atoms with van der Waals surface area (Å²) in [7, 11) is 1.58. The summed E-state index contributed by atoms with van der Waals surface area (Å²) >= 11 is 0. The van der Waals surface area contributed by atoms with Gasteiger partial charge < -0.3 is 13.9 Å². The first-order chi connectivity index (χ1) is 13.1. The second kappa shape index (κ2) is 6.91. The highest BCUT2D eigenvalue weighted by Crippen LogP contribution is 2.33. The van der Waals surface area contributed by atoms with E-state index in [9.17, 15) is 9.59 Å². The third-order valence-corrected chi connectivity index (χ3v) is 5.11. The van der Waals surface area contributed by atoms with Crippen molar-refractivity contribution >= 4 is 16.8 Å². The van der Waals surface area contributed by atoms with E-state index in [-0.39, 0.29) is 18.0 Å². The number of fused-ring (bicyclic) bond motifs is 3. The molecule has 0 radical (unpaired) electrons. The number of hydrogen-bond acceptors (Lipinski definition) is 5. The van der Waals surface area contributed by atoms with Crippen LogP contribution in [-0.4, -0.2) is 19.5 Å². The van der Waals surface area contributed by atoms with Crippen molar-refractivity contribution in [3.63, 3.8) is 0 Å². The summed E-state index contributed by atoms with van der Waals surface area (Å²) in [6.07, 6.45) is 2.65. The number of carbonyl (C=O) groups is 1. The number of hydrogen-bond donors (Lipinski definition) is 0. The van der Waals surface area contributed by atoms with E-state index >= 15 is 0 Å². The molecule has 5 nitrogen and oxygen atoms in total. The van der Waals surface area contributed by atoms with Crippen LogP contribution in [0, 0.1) is 6.92 Å². The summed E-state index contributed by atoms with van der Waals surface area (Å²) in [5.41, 5.74) is 3.47. The van der Waals surface area contributed by atoms with Crippen LogP contribution in [0.5, 0.6) is 11.5 Å². The van der Waals surface area contributed by atoms with E-state index in [2.05, 4.69) is 0 Å². The largest absolute Gasteiger partial charge is 0.497 e. The van der Waals surface area contributed by atoms with Gasteiger partial charge in [-0.05, 0) is 68.1 Å². The average molecular weight is 364 g/mol. The lowest BCUT2D eigenvalue weighted by molar-refractivity contribution is 0.0921. The molecule has 0 saturated carbocycles.